The number of pyridine rings is 1. The summed E-state index contributed by atoms with van der Waals surface area (Å²) in [6.07, 6.45) is 2.80. The standard InChI is InChI=1S/C42H47F3N8O5/c1-6-36(54)47-30-20-28(7-8-32(30)52-14-13-50(24-35(52)42(43,44)45)27-10-17-57-18-11-27)58-38-40(56)49(5)23-31(48-38)29-9-12-46-37(25(29)2)53-16-15-51-33(39(53)55)19-26-21-41(3,4)22-34(26)51/h6-9,12,19-20,23,27,35H,1,10-11,13-18,21-22,24H2,2-5H3,(H,47,54)/t35-/m1/s1. The molecule has 1 aliphatic carbocycles. The molecular weight excluding hydrogens is 754 g/mol. The molecule has 0 bridgehead atoms. The van der Waals surface area contributed by atoms with Gasteiger partial charge < -0.3 is 28.8 Å². The second-order valence-electron chi connectivity index (χ2n) is 16.3. The van der Waals surface area contributed by atoms with Gasteiger partial charge in [0.15, 0.2) is 0 Å². The van der Waals surface area contributed by atoms with E-state index in [0.717, 1.165) is 18.9 Å². The molecule has 0 spiro atoms. The van der Waals surface area contributed by atoms with Gasteiger partial charge in [-0.3, -0.25) is 24.2 Å². The van der Waals surface area contributed by atoms with Crippen LogP contribution in [-0.4, -0.2) is 93.5 Å². The minimum atomic E-state index is -4.57. The fourth-order valence-electron chi connectivity index (χ4n) is 8.94. The summed E-state index contributed by atoms with van der Waals surface area (Å²) < 4.78 is 59.1. The molecule has 1 N–H and O–H groups in total. The normalized spacial score (nSPS) is 19.8. The lowest BCUT2D eigenvalue weighted by atomic mass is 9.90. The Hall–Kier alpha value is -5.48. The quantitative estimate of drug-likeness (QED) is 0.217. The van der Waals surface area contributed by atoms with E-state index in [1.807, 2.05) is 17.9 Å². The highest BCUT2D eigenvalue weighted by Gasteiger charge is 2.48. The summed E-state index contributed by atoms with van der Waals surface area (Å²) in [7, 11) is 1.55. The third-order valence-corrected chi connectivity index (χ3v) is 11.8. The number of fused-ring (bicyclic) bond motifs is 3. The van der Waals surface area contributed by atoms with Crippen molar-refractivity contribution in [2.24, 2.45) is 12.5 Å². The molecule has 4 aromatic rings. The van der Waals surface area contributed by atoms with Crippen molar-refractivity contribution in [1.82, 2.24) is 24.0 Å². The summed E-state index contributed by atoms with van der Waals surface area (Å²) in [5.74, 6) is -0.504. The lowest BCUT2D eigenvalue weighted by Gasteiger charge is -2.47. The van der Waals surface area contributed by atoms with Crippen LogP contribution in [0, 0.1) is 12.3 Å². The van der Waals surface area contributed by atoms with E-state index in [-0.39, 0.29) is 53.5 Å². The summed E-state index contributed by atoms with van der Waals surface area (Å²) in [5.41, 5.74) is 4.58. The Balaban J connectivity index is 1.08. The Bertz CT molecular complexity index is 2350. The minimum absolute atomic E-state index is 0.00114. The topological polar surface area (TPSA) is 127 Å². The van der Waals surface area contributed by atoms with Gasteiger partial charge in [0.25, 0.3) is 11.8 Å². The molecule has 3 aliphatic heterocycles. The monoisotopic (exact) mass is 800 g/mol. The molecule has 2 amide bonds. The SMILES string of the molecule is C=CC(=O)Nc1cc(Oc2nc(-c3ccnc(N4CCn5c(cc6c5CC(C)(C)C6)C4=O)c3C)cn(C)c2=O)ccc1N1CCN(C2CCOCC2)C[C@@H]1C(F)(F)F. The number of rotatable bonds is 8. The summed E-state index contributed by atoms with van der Waals surface area (Å²) in [5, 5.41) is 2.64. The second kappa shape index (κ2) is 15.0. The first-order valence-electron chi connectivity index (χ1n) is 19.6. The maximum absolute atomic E-state index is 14.7. The van der Waals surface area contributed by atoms with Gasteiger partial charge in [-0.15, -0.1) is 0 Å². The minimum Gasteiger partial charge on any atom is -0.435 e. The predicted octanol–water partition coefficient (Wildman–Crippen LogP) is 5.89. The van der Waals surface area contributed by atoms with Gasteiger partial charge in [0.2, 0.25) is 5.91 Å². The Morgan fingerprint density at radius 1 is 1.07 bits per heavy atom. The van der Waals surface area contributed by atoms with Gasteiger partial charge in [0, 0.05) is 94.3 Å². The fraction of sp³-hybridized carbons (Fsp3) is 0.452. The molecule has 0 saturated carbocycles. The molecule has 6 heterocycles. The van der Waals surface area contributed by atoms with Crippen LogP contribution in [0.1, 0.15) is 54.0 Å². The molecule has 3 aromatic heterocycles. The van der Waals surface area contributed by atoms with Gasteiger partial charge in [-0.25, -0.2) is 9.97 Å². The number of nitrogens with one attached hydrogen (secondary N) is 1. The van der Waals surface area contributed by atoms with E-state index in [2.05, 4.69) is 40.3 Å². The molecule has 1 atom stereocenters. The Kier molecular flexibility index (Phi) is 10.2. The summed E-state index contributed by atoms with van der Waals surface area (Å²) >= 11 is 0. The van der Waals surface area contributed by atoms with Crippen LogP contribution in [-0.2, 0) is 36.0 Å². The second-order valence-corrected chi connectivity index (χ2v) is 16.3. The lowest BCUT2D eigenvalue weighted by Crippen LogP contribution is -2.61. The largest absolute Gasteiger partial charge is 0.435 e. The lowest BCUT2D eigenvalue weighted by molar-refractivity contribution is -0.159. The third-order valence-electron chi connectivity index (χ3n) is 11.8. The van der Waals surface area contributed by atoms with Gasteiger partial charge in [-0.2, -0.15) is 13.2 Å². The van der Waals surface area contributed by atoms with E-state index >= 15 is 0 Å². The predicted molar refractivity (Wildman–Crippen MR) is 213 cm³/mol. The van der Waals surface area contributed by atoms with E-state index in [0.29, 0.717) is 74.0 Å². The molecular formula is C42H47F3N8O5. The van der Waals surface area contributed by atoms with E-state index < -0.39 is 23.7 Å². The number of aromatic nitrogens is 4. The molecule has 16 heteroatoms. The summed E-state index contributed by atoms with van der Waals surface area (Å²) in [4.78, 5) is 54.0. The van der Waals surface area contributed by atoms with Gasteiger partial charge in [0.05, 0.1) is 17.1 Å². The number of carbonyl (C=O) groups excluding carboxylic acids is 2. The van der Waals surface area contributed by atoms with Crippen molar-refractivity contribution in [2.45, 2.75) is 71.3 Å². The van der Waals surface area contributed by atoms with Crippen molar-refractivity contribution >= 4 is 29.0 Å². The maximum atomic E-state index is 14.7. The first-order chi connectivity index (χ1) is 27.6. The highest BCUT2D eigenvalue weighted by molar-refractivity contribution is 6.06. The highest BCUT2D eigenvalue weighted by Crippen LogP contribution is 2.41. The fourth-order valence-corrected chi connectivity index (χ4v) is 8.94. The zero-order chi connectivity index (χ0) is 41.1. The molecule has 2 saturated heterocycles. The number of nitrogens with zero attached hydrogens (tertiary/aromatic N) is 7. The van der Waals surface area contributed by atoms with Crippen molar-refractivity contribution in [2.75, 3.05) is 54.5 Å². The van der Waals surface area contributed by atoms with E-state index in [1.165, 1.54) is 38.9 Å². The zero-order valence-electron chi connectivity index (χ0n) is 33.1. The van der Waals surface area contributed by atoms with Crippen molar-refractivity contribution in [3.05, 3.63) is 88.2 Å². The van der Waals surface area contributed by atoms with Gasteiger partial charge in [-0.1, -0.05) is 20.4 Å². The smallest absolute Gasteiger partial charge is 0.409 e. The van der Waals surface area contributed by atoms with Crippen LogP contribution >= 0.6 is 0 Å². The number of hydrogen-bond donors (Lipinski definition) is 1. The summed E-state index contributed by atoms with van der Waals surface area (Å²) in [6.45, 7) is 12.2. The molecule has 58 heavy (non-hydrogen) atoms. The number of piperazine rings is 1. The Morgan fingerprint density at radius 2 is 1.84 bits per heavy atom. The molecule has 0 unspecified atom stereocenters. The first-order valence-corrected chi connectivity index (χ1v) is 19.6. The number of carbonyl (C=O) groups is 2. The molecule has 8 rings (SSSR count). The number of ether oxygens (including phenoxy) is 2. The van der Waals surface area contributed by atoms with E-state index in [9.17, 15) is 27.6 Å². The van der Waals surface area contributed by atoms with Gasteiger partial charge >= 0.3 is 11.7 Å². The maximum Gasteiger partial charge on any atom is 0.409 e. The molecule has 306 valence electrons. The molecule has 4 aliphatic rings. The van der Waals surface area contributed by atoms with Crippen LogP contribution in [0.3, 0.4) is 0 Å². The van der Waals surface area contributed by atoms with Gasteiger partial charge in [0.1, 0.15) is 23.3 Å². The van der Waals surface area contributed by atoms with Crippen LogP contribution < -0.4 is 25.4 Å². The van der Waals surface area contributed by atoms with E-state index in [1.54, 1.807) is 30.4 Å². The van der Waals surface area contributed by atoms with Crippen LogP contribution in [0.25, 0.3) is 11.3 Å². The molecule has 13 nitrogen and oxygen atoms in total. The number of amides is 2. The van der Waals surface area contributed by atoms with Crippen molar-refractivity contribution in [1.29, 1.82) is 0 Å². The number of hydrogen-bond acceptors (Lipinski definition) is 9. The Labute approximate surface area is 334 Å². The average Bonchev–Trinajstić information content (AvgIpc) is 3.69. The number of benzene rings is 1. The first kappa shape index (κ1) is 39.4. The highest BCUT2D eigenvalue weighted by atomic mass is 19.4. The number of anilines is 3. The molecule has 0 radical (unpaired) electrons. The van der Waals surface area contributed by atoms with Gasteiger partial charge in [-0.05, 0) is 73.9 Å². The molecule has 2 fully saturated rings. The molecule has 1 aromatic carbocycles. The van der Waals surface area contributed by atoms with Crippen molar-refractivity contribution in [3.63, 3.8) is 0 Å². The van der Waals surface area contributed by atoms with Crippen LogP contribution in [0.5, 0.6) is 11.6 Å². The van der Waals surface area contributed by atoms with Crippen molar-refractivity contribution in [3.8, 4) is 22.9 Å². The Morgan fingerprint density at radius 3 is 2.59 bits per heavy atom. The third kappa shape index (κ3) is 7.39. The number of alkyl halides is 3. The van der Waals surface area contributed by atoms with Crippen LogP contribution in [0.2, 0.25) is 0 Å². The summed E-state index contributed by atoms with van der Waals surface area (Å²) in [6, 6.07) is 6.21. The number of aryl methyl sites for hydroxylation is 1. The zero-order valence-corrected chi connectivity index (χ0v) is 33.1. The van der Waals surface area contributed by atoms with E-state index in [4.69, 9.17) is 9.47 Å². The van der Waals surface area contributed by atoms with Crippen LogP contribution in [0.15, 0.2) is 60.2 Å². The van der Waals surface area contributed by atoms with Crippen LogP contribution in [0.4, 0.5) is 30.4 Å². The average molecular weight is 801 g/mol. The van der Waals surface area contributed by atoms with Crippen molar-refractivity contribution < 1.29 is 32.2 Å². The number of halogens is 3.